The number of halogens is 1. The first-order chi connectivity index (χ1) is 13.4. The number of nitrogens with zero attached hydrogens (tertiary/aromatic N) is 2. The van der Waals surface area contributed by atoms with Crippen molar-refractivity contribution in [2.24, 2.45) is 0 Å². The molecule has 0 unspecified atom stereocenters. The molecule has 150 valence electrons. The third kappa shape index (κ3) is 5.01. The number of pyridine rings is 1. The molecule has 0 spiro atoms. The molecule has 1 aromatic heterocycles. The zero-order valence-corrected chi connectivity index (χ0v) is 17.2. The van der Waals surface area contributed by atoms with Gasteiger partial charge in [-0.1, -0.05) is 30.2 Å². The van der Waals surface area contributed by atoms with E-state index >= 15 is 0 Å². The molecule has 2 heterocycles. The minimum Gasteiger partial charge on any atom is -0.334 e. The first-order valence-corrected chi connectivity index (χ1v) is 10.9. The summed E-state index contributed by atoms with van der Waals surface area (Å²) in [6, 6.07) is 7.80. The lowest BCUT2D eigenvalue weighted by Gasteiger charge is -2.26. The highest BCUT2D eigenvalue weighted by atomic mass is 35.5. The second kappa shape index (κ2) is 8.89. The highest BCUT2D eigenvalue weighted by Crippen LogP contribution is 2.25. The smallest absolute Gasteiger partial charge is 0.319 e. The van der Waals surface area contributed by atoms with Crippen molar-refractivity contribution in [3.63, 3.8) is 0 Å². The first-order valence-electron chi connectivity index (χ1n) is 9.12. The van der Waals surface area contributed by atoms with Gasteiger partial charge in [-0.2, -0.15) is 4.31 Å². The summed E-state index contributed by atoms with van der Waals surface area (Å²) in [4.78, 5) is 16.4. The molecule has 1 aliphatic heterocycles. The quantitative estimate of drug-likeness (QED) is 0.721. The molecule has 2 aromatic rings. The van der Waals surface area contributed by atoms with Crippen LogP contribution in [-0.2, 0) is 16.6 Å². The normalized spacial score (nSPS) is 15.2. The molecule has 1 aliphatic rings. The maximum atomic E-state index is 12.9. The van der Waals surface area contributed by atoms with E-state index in [1.165, 1.54) is 10.4 Å². The van der Waals surface area contributed by atoms with Gasteiger partial charge < -0.3 is 10.6 Å². The molecule has 0 saturated carbocycles. The van der Waals surface area contributed by atoms with E-state index in [4.69, 9.17) is 11.6 Å². The average Bonchev–Trinajstić information content (AvgIpc) is 2.70. The molecule has 0 radical (unpaired) electrons. The van der Waals surface area contributed by atoms with Crippen molar-refractivity contribution in [1.29, 1.82) is 0 Å². The van der Waals surface area contributed by atoms with Crippen LogP contribution in [0.2, 0.25) is 5.15 Å². The molecule has 3 rings (SSSR count). The number of aromatic nitrogens is 1. The molecule has 0 bridgehead atoms. The molecule has 28 heavy (non-hydrogen) atoms. The molecule has 2 N–H and O–H groups in total. The Morgan fingerprint density at radius 2 is 1.93 bits per heavy atom. The summed E-state index contributed by atoms with van der Waals surface area (Å²) in [6.07, 6.45) is 4.38. The Bertz CT molecular complexity index is 942. The molecule has 2 amide bonds. The minimum atomic E-state index is -3.56. The van der Waals surface area contributed by atoms with Gasteiger partial charge in [-0.05, 0) is 49.1 Å². The number of carbonyl (C=O) groups excluding carboxylic acids is 1. The highest BCUT2D eigenvalue weighted by Gasteiger charge is 2.26. The van der Waals surface area contributed by atoms with Crippen molar-refractivity contribution < 1.29 is 13.2 Å². The second-order valence-electron chi connectivity index (χ2n) is 6.74. The Morgan fingerprint density at radius 1 is 1.18 bits per heavy atom. The Labute approximate surface area is 170 Å². The van der Waals surface area contributed by atoms with Crippen LogP contribution in [0.3, 0.4) is 0 Å². The number of rotatable bonds is 5. The summed E-state index contributed by atoms with van der Waals surface area (Å²) in [5.74, 6) is 0. The summed E-state index contributed by atoms with van der Waals surface area (Å²) in [7, 11) is -3.56. The Balaban J connectivity index is 1.68. The summed E-state index contributed by atoms with van der Waals surface area (Å²) in [5.41, 5.74) is 2.04. The number of nitrogens with one attached hydrogen (secondary N) is 2. The van der Waals surface area contributed by atoms with Gasteiger partial charge in [-0.25, -0.2) is 18.2 Å². The van der Waals surface area contributed by atoms with Crippen LogP contribution in [0.4, 0.5) is 10.5 Å². The average molecular weight is 423 g/mol. The van der Waals surface area contributed by atoms with Crippen LogP contribution in [0.25, 0.3) is 0 Å². The van der Waals surface area contributed by atoms with Crippen LogP contribution in [0.15, 0.2) is 41.4 Å². The van der Waals surface area contributed by atoms with Gasteiger partial charge in [-0.15, -0.1) is 0 Å². The maximum absolute atomic E-state index is 12.9. The van der Waals surface area contributed by atoms with Gasteiger partial charge in [0.1, 0.15) is 5.15 Å². The summed E-state index contributed by atoms with van der Waals surface area (Å²) >= 11 is 5.74. The monoisotopic (exact) mass is 422 g/mol. The van der Waals surface area contributed by atoms with E-state index in [1.807, 2.05) is 6.92 Å². The van der Waals surface area contributed by atoms with E-state index in [0.717, 1.165) is 30.4 Å². The van der Waals surface area contributed by atoms with Crippen molar-refractivity contribution in [1.82, 2.24) is 14.6 Å². The molecular formula is C19H23ClN4O3S. The number of hydrogen-bond acceptors (Lipinski definition) is 4. The van der Waals surface area contributed by atoms with Gasteiger partial charge in [-0.3, -0.25) is 0 Å². The van der Waals surface area contributed by atoms with Crippen molar-refractivity contribution in [3.8, 4) is 0 Å². The fourth-order valence-corrected chi connectivity index (χ4v) is 4.67. The number of carbonyl (C=O) groups is 1. The van der Waals surface area contributed by atoms with Crippen LogP contribution in [-0.4, -0.2) is 36.8 Å². The number of piperidine rings is 1. The zero-order valence-electron chi connectivity index (χ0n) is 15.6. The standard InChI is InChI=1S/C19H23ClN4O3S/c1-14-5-7-16(28(26,27)24-9-3-2-4-10-24)11-17(14)23-19(25)22-13-15-6-8-18(20)21-12-15/h5-8,11-12H,2-4,9-10,13H2,1H3,(H2,22,23,25). The summed E-state index contributed by atoms with van der Waals surface area (Å²) < 4.78 is 27.2. The van der Waals surface area contributed by atoms with Gasteiger partial charge in [0, 0.05) is 31.5 Å². The Morgan fingerprint density at radius 3 is 2.61 bits per heavy atom. The molecule has 7 nitrogen and oxygen atoms in total. The van der Waals surface area contributed by atoms with Crippen molar-refractivity contribution in [3.05, 3.63) is 52.8 Å². The molecule has 0 aliphatic carbocycles. The molecule has 9 heteroatoms. The van der Waals surface area contributed by atoms with Crippen LogP contribution in [0, 0.1) is 6.92 Å². The fraction of sp³-hybridized carbons (Fsp3) is 0.368. The third-order valence-electron chi connectivity index (χ3n) is 4.65. The molecular weight excluding hydrogens is 400 g/mol. The number of sulfonamides is 1. The number of benzene rings is 1. The Hall–Kier alpha value is -2.16. The van der Waals surface area contributed by atoms with Gasteiger partial charge in [0.2, 0.25) is 10.0 Å². The highest BCUT2D eigenvalue weighted by molar-refractivity contribution is 7.89. The van der Waals surface area contributed by atoms with Crippen molar-refractivity contribution in [2.75, 3.05) is 18.4 Å². The number of hydrogen-bond donors (Lipinski definition) is 2. The lowest BCUT2D eigenvalue weighted by molar-refractivity contribution is 0.251. The molecule has 0 atom stereocenters. The van der Waals surface area contributed by atoms with Gasteiger partial charge in [0.25, 0.3) is 0 Å². The van der Waals surface area contributed by atoms with Gasteiger partial charge in [0.05, 0.1) is 4.90 Å². The summed E-state index contributed by atoms with van der Waals surface area (Å²) in [6.45, 7) is 3.17. The maximum Gasteiger partial charge on any atom is 0.319 e. The predicted molar refractivity (Wildman–Crippen MR) is 109 cm³/mol. The van der Waals surface area contributed by atoms with E-state index in [1.54, 1.807) is 30.5 Å². The van der Waals surface area contributed by atoms with E-state index in [9.17, 15) is 13.2 Å². The predicted octanol–water partition coefficient (Wildman–Crippen LogP) is 3.54. The fourth-order valence-electron chi connectivity index (χ4n) is 3.01. The first kappa shape index (κ1) is 20.6. The van der Waals surface area contributed by atoms with Crippen molar-refractivity contribution >= 4 is 33.3 Å². The van der Waals surface area contributed by atoms with Gasteiger partial charge >= 0.3 is 6.03 Å². The lowest BCUT2D eigenvalue weighted by Crippen LogP contribution is -2.35. The van der Waals surface area contributed by atoms with E-state index in [0.29, 0.717) is 23.9 Å². The number of aryl methyl sites for hydroxylation is 1. The Kier molecular flexibility index (Phi) is 6.53. The summed E-state index contributed by atoms with van der Waals surface area (Å²) in [5, 5.41) is 5.84. The minimum absolute atomic E-state index is 0.192. The van der Waals surface area contributed by atoms with E-state index in [-0.39, 0.29) is 11.4 Å². The van der Waals surface area contributed by atoms with Crippen LogP contribution < -0.4 is 10.6 Å². The van der Waals surface area contributed by atoms with Crippen LogP contribution in [0.5, 0.6) is 0 Å². The van der Waals surface area contributed by atoms with E-state index in [2.05, 4.69) is 15.6 Å². The topological polar surface area (TPSA) is 91.4 Å². The molecule has 1 saturated heterocycles. The van der Waals surface area contributed by atoms with Crippen molar-refractivity contribution in [2.45, 2.75) is 37.6 Å². The molecule has 1 aromatic carbocycles. The largest absolute Gasteiger partial charge is 0.334 e. The second-order valence-corrected chi connectivity index (χ2v) is 9.06. The number of amides is 2. The number of urea groups is 1. The lowest BCUT2D eigenvalue weighted by atomic mass is 10.2. The zero-order chi connectivity index (χ0) is 20.1. The molecule has 1 fully saturated rings. The van der Waals surface area contributed by atoms with E-state index < -0.39 is 16.1 Å². The van der Waals surface area contributed by atoms with Gasteiger partial charge in [0.15, 0.2) is 0 Å². The SMILES string of the molecule is Cc1ccc(S(=O)(=O)N2CCCCC2)cc1NC(=O)NCc1ccc(Cl)nc1. The van der Waals surface area contributed by atoms with Crippen LogP contribution >= 0.6 is 11.6 Å². The third-order valence-corrected chi connectivity index (χ3v) is 6.77. The number of anilines is 1. The van der Waals surface area contributed by atoms with Crippen LogP contribution in [0.1, 0.15) is 30.4 Å².